The lowest BCUT2D eigenvalue weighted by molar-refractivity contribution is -0.132. The minimum absolute atomic E-state index is 0.261. The van der Waals surface area contributed by atoms with Gasteiger partial charge in [-0.05, 0) is 31.6 Å². The Hall–Kier alpha value is -0.690. The van der Waals surface area contributed by atoms with E-state index < -0.39 is 11.1 Å². The highest BCUT2D eigenvalue weighted by Gasteiger charge is 2.47. The Morgan fingerprint density at radius 3 is 2.39 bits per heavy atom. The summed E-state index contributed by atoms with van der Waals surface area (Å²) in [4.78, 5) is 16.5. The molecule has 6 heteroatoms. The van der Waals surface area contributed by atoms with Crippen molar-refractivity contribution in [3.63, 3.8) is 0 Å². The summed E-state index contributed by atoms with van der Waals surface area (Å²) in [5.41, 5.74) is 4.54. The van der Waals surface area contributed by atoms with E-state index in [9.17, 15) is 9.90 Å². The van der Waals surface area contributed by atoms with Crippen LogP contribution in [0.5, 0.6) is 0 Å². The van der Waals surface area contributed by atoms with Crippen molar-refractivity contribution in [1.82, 2.24) is 9.80 Å². The molecule has 23 heavy (non-hydrogen) atoms. The van der Waals surface area contributed by atoms with Gasteiger partial charge in [0.1, 0.15) is 5.54 Å². The third kappa shape index (κ3) is 3.55. The smallest absolute Gasteiger partial charge is 0.240 e. The molecular formula is C17H31N3O3. The largest absolute Gasteiger partial charge is 0.389 e. The Kier molecular flexibility index (Phi) is 4.97. The first-order valence-corrected chi connectivity index (χ1v) is 9.01. The van der Waals surface area contributed by atoms with Crippen molar-refractivity contribution in [2.45, 2.75) is 50.2 Å². The summed E-state index contributed by atoms with van der Waals surface area (Å²) >= 11 is 0. The number of piperazine rings is 1. The topological polar surface area (TPSA) is 79.0 Å². The van der Waals surface area contributed by atoms with Crippen LogP contribution in [0.2, 0.25) is 0 Å². The number of carbonyl (C=O) groups is 1. The maximum atomic E-state index is 11.9. The molecule has 1 aliphatic carbocycles. The van der Waals surface area contributed by atoms with Gasteiger partial charge in [0.05, 0.1) is 12.2 Å². The quantitative estimate of drug-likeness (QED) is 0.771. The predicted molar refractivity (Wildman–Crippen MR) is 88.0 cm³/mol. The van der Waals surface area contributed by atoms with Crippen LogP contribution in [0.3, 0.4) is 0 Å². The van der Waals surface area contributed by atoms with Crippen molar-refractivity contribution in [2.24, 2.45) is 11.7 Å². The van der Waals surface area contributed by atoms with E-state index in [1.54, 1.807) is 0 Å². The van der Waals surface area contributed by atoms with Gasteiger partial charge in [-0.15, -0.1) is 0 Å². The van der Waals surface area contributed by atoms with Crippen LogP contribution in [0.15, 0.2) is 0 Å². The molecular weight excluding hydrogens is 294 g/mol. The van der Waals surface area contributed by atoms with Crippen molar-refractivity contribution in [2.75, 3.05) is 45.9 Å². The van der Waals surface area contributed by atoms with Crippen LogP contribution in [-0.4, -0.2) is 77.9 Å². The fourth-order valence-electron chi connectivity index (χ4n) is 4.36. The molecule has 0 radical (unpaired) electrons. The second-order valence-corrected chi connectivity index (χ2v) is 7.87. The molecule has 0 spiro atoms. The number of amides is 1. The van der Waals surface area contributed by atoms with Gasteiger partial charge in [0, 0.05) is 45.8 Å². The van der Waals surface area contributed by atoms with Crippen molar-refractivity contribution < 1.29 is 14.6 Å². The molecule has 0 aromatic rings. The lowest BCUT2D eigenvalue weighted by Gasteiger charge is -2.45. The molecule has 1 saturated carbocycles. The number of β-amino-alcohol motifs (C(OH)–C–C–N with tert-alkyl or cyclic N) is 1. The van der Waals surface area contributed by atoms with E-state index in [1.165, 1.54) is 0 Å². The number of nitrogens with zero attached hydrogens (tertiary/aromatic N) is 2. The van der Waals surface area contributed by atoms with Gasteiger partial charge in [0.2, 0.25) is 5.91 Å². The Morgan fingerprint density at radius 1 is 1.22 bits per heavy atom. The summed E-state index contributed by atoms with van der Waals surface area (Å²) < 4.78 is 5.45. The normalized spacial score (nSPS) is 40.3. The first-order valence-electron chi connectivity index (χ1n) is 9.01. The standard InChI is InChI=1S/C17H31N3O3/c1-14-2-4-16(22,5-3-14)12-19-7-9-20(10-8-19)17(15(18)21)6-11-23-13-17/h14,22H,2-13H2,1H3,(H2,18,21). The Morgan fingerprint density at radius 2 is 1.87 bits per heavy atom. The van der Waals surface area contributed by atoms with Crippen molar-refractivity contribution >= 4 is 5.91 Å². The zero-order valence-corrected chi connectivity index (χ0v) is 14.3. The first kappa shape index (κ1) is 17.1. The van der Waals surface area contributed by atoms with E-state index in [2.05, 4.69) is 16.7 Å². The summed E-state index contributed by atoms with van der Waals surface area (Å²) in [7, 11) is 0. The van der Waals surface area contributed by atoms with E-state index in [0.29, 0.717) is 19.6 Å². The lowest BCUT2D eigenvalue weighted by atomic mass is 9.79. The van der Waals surface area contributed by atoms with E-state index in [4.69, 9.17) is 10.5 Å². The van der Waals surface area contributed by atoms with Crippen LogP contribution in [0, 0.1) is 5.92 Å². The number of nitrogens with two attached hydrogens (primary N) is 1. The number of aliphatic hydroxyl groups is 1. The van der Waals surface area contributed by atoms with Crippen LogP contribution >= 0.6 is 0 Å². The van der Waals surface area contributed by atoms with Crippen molar-refractivity contribution in [3.05, 3.63) is 0 Å². The average Bonchev–Trinajstić information content (AvgIpc) is 3.02. The Labute approximate surface area is 138 Å². The Balaban J connectivity index is 1.53. The Bertz CT molecular complexity index is 421. The maximum absolute atomic E-state index is 11.9. The summed E-state index contributed by atoms with van der Waals surface area (Å²) in [6, 6.07) is 0. The fourth-order valence-corrected chi connectivity index (χ4v) is 4.36. The minimum atomic E-state index is -0.608. The van der Waals surface area contributed by atoms with Crippen molar-refractivity contribution in [3.8, 4) is 0 Å². The summed E-state index contributed by atoms with van der Waals surface area (Å²) in [5, 5.41) is 10.8. The molecule has 1 atom stereocenters. The van der Waals surface area contributed by atoms with Gasteiger partial charge in [-0.1, -0.05) is 6.92 Å². The molecule has 1 unspecified atom stereocenters. The number of hydrogen-bond donors (Lipinski definition) is 2. The minimum Gasteiger partial charge on any atom is -0.389 e. The molecule has 2 aliphatic heterocycles. The van der Waals surface area contributed by atoms with E-state index >= 15 is 0 Å². The number of rotatable bonds is 4. The molecule has 2 heterocycles. The second kappa shape index (κ2) is 6.67. The number of hydrogen-bond acceptors (Lipinski definition) is 5. The molecule has 3 fully saturated rings. The fraction of sp³-hybridized carbons (Fsp3) is 0.941. The van der Waals surface area contributed by atoms with Crippen LogP contribution in [0.1, 0.15) is 39.0 Å². The molecule has 2 saturated heterocycles. The van der Waals surface area contributed by atoms with Crippen LogP contribution < -0.4 is 5.73 Å². The lowest BCUT2D eigenvalue weighted by Crippen LogP contribution is -2.64. The third-order valence-corrected chi connectivity index (χ3v) is 6.16. The van der Waals surface area contributed by atoms with E-state index in [0.717, 1.165) is 64.3 Å². The van der Waals surface area contributed by atoms with E-state index in [-0.39, 0.29) is 5.91 Å². The molecule has 3 aliphatic rings. The van der Waals surface area contributed by atoms with Gasteiger partial charge in [-0.25, -0.2) is 0 Å². The highest BCUT2D eigenvalue weighted by Crippen LogP contribution is 2.33. The number of primary amides is 1. The molecule has 0 aromatic carbocycles. The first-order chi connectivity index (χ1) is 10.9. The highest BCUT2D eigenvalue weighted by atomic mass is 16.5. The molecule has 132 valence electrons. The summed E-state index contributed by atoms with van der Waals surface area (Å²) in [5.74, 6) is 0.480. The number of ether oxygens (including phenoxy) is 1. The molecule has 3 N–H and O–H groups in total. The van der Waals surface area contributed by atoms with Gasteiger partial charge in [0.15, 0.2) is 0 Å². The maximum Gasteiger partial charge on any atom is 0.240 e. The molecule has 0 bridgehead atoms. The molecule has 6 nitrogen and oxygen atoms in total. The van der Waals surface area contributed by atoms with Crippen molar-refractivity contribution in [1.29, 1.82) is 0 Å². The average molecular weight is 325 g/mol. The third-order valence-electron chi connectivity index (χ3n) is 6.16. The zero-order chi connectivity index (χ0) is 16.5. The zero-order valence-electron chi connectivity index (χ0n) is 14.3. The van der Waals surface area contributed by atoms with Crippen LogP contribution in [-0.2, 0) is 9.53 Å². The van der Waals surface area contributed by atoms with Gasteiger partial charge >= 0.3 is 0 Å². The molecule has 0 aromatic heterocycles. The SMILES string of the molecule is CC1CCC(O)(CN2CCN(C3(C(N)=O)CCOC3)CC2)CC1. The molecule has 1 amide bonds. The molecule has 3 rings (SSSR count). The second-order valence-electron chi connectivity index (χ2n) is 7.87. The van der Waals surface area contributed by atoms with E-state index in [1.807, 2.05) is 0 Å². The number of carbonyl (C=O) groups excluding carboxylic acids is 1. The van der Waals surface area contributed by atoms with Gasteiger partial charge in [-0.3, -0.25) is 14.6 Å². The predicted octanol–water partition coefficient (Wildman–Crippen LogP) is 0.190. The monoisotopic (exact) mass is 325 g/mol. The van der Waals surface area contributed by atoms with Crippen LogP contribution in [0.25, 0.3) is 0 Å². The summed E-state index contributed by atoms with van der Waals surface area (Å²) in [6.45, 7) is 7.46. The van der Waals surface area contributed by atoms with Crippen LogP contribution in [0.4, 0.5) is 0 Å². The van der Waals surface area contributed by atoms with Gasteiger partial charge < -0.3 is 15.6 Å². The highest BCUT2D eigenvalue weighted by molar-refractivity contribution is 5.85. The summed E-state index contributed by atoms with van der Waals surface area (Å²) in [6.07, 6.45) is 4.77. The van der Waals surface area contributed by atoms with Gasteiger partial charge in [0.25, 0.3) is 0 Å². The van der Waals surface area contributed by atoms with Gasteiger partial charge in [-0.2, -0.15) is 0 Å².